The average molecular weight is 1080 g/mol. The van der Waals surface area contributed by atoms with E-state index < -0.39 is 11.6 Å². The van der Waals surface area contributed by atoms with E-state index in [2.05, 4.69) is 48.6 Å². The van der Waals surface area contributed by atoms with Gasteiger partial charge in [-0.05, 0) is 113 Å². The minimum Gasteiger partial charge on any atom is -0.497 e. The molecule has 0 radical (unpaired) electrons. The number of rotatable bonds is 10. The molecular weight excluding hydrogens is 1000 g/mol. The second kappa shape index (κ2) is 29.0. The van der Waals surface area contributed by atoms with Crippen molar-refractivity contribution in [1.29, 1.82) is 0 Å². The number of methoxy groups -OCH3 is 4. The van der Waals surface area contributed by atoms with Crippen LogP contribution < -0.4 is 9.47 Å². The van der Waals surface area contributed by atoms with E-state index in [0.29, 0.717) is 50.3 Å². The molecule has 8 atom stereocenters. The molecule has 0 spiro atoms. The van der Waals surface area contributed by atoms with E-state index >= 15 is 0 Å². The van der Waals surface area contributed by atoms with Crippen molar-refractivity contribution in [2.75, 3.05) is 39.9 Å². The van der Waals surface area contributed by atoms with Crippen molar-refractivity contribution in [3.8, 4) is 11.5 Å². The zero-order chi connectivity index (χ0) is 53.9. The summed E-state index contributed by atoms with van der Waals surface area (Å²) in [4.78, 5) is 55.4. The Morgan fingerprint density at radius 2 is 0.921 bits per heavy atom. The van der Waals surface area contributed by atoms with Crippen LogP contribution in [0.15, 0.2) is 120 Å². The van der Waals surface area contributed by atoms with Crippen molar-refractivity contribution >= 4 is 45.9 Å². The van der Waals surface area contributed by atoms with Crippen LogP contribution in [0.5, 0.6) is 11.5 Å². The van der Waals surface area contributed by atoms with E-state index in [1.165, 1.54) is 23.5 Å². The molecule has 4 fully saturated rings. The lowest BCUT2D eigenvalue weighted by atomic mass is 9.90. The summed E-state index contributed by atoms with van der Waals surface area (Å²) in [7, 11) is 6.53. The lowest BCUT2D eigenvalue weighted by molar-refractivity contribution is -0.306. The number of allylic oxidation sites excluding steroid dienone is 10. The Kier molecular flexibility index (Phi) is 22.4. The number of carbonyl (C=O) groups excluding carboxylic acids is 4. The van der Waals surface area contributed by atoms with Crippen LogP contribution in [-0.2, 0) is 51.1 Å². The van der Waals surface area contributed by atoms with E-state index in [4.69, 9.17) is 37.9 Å². The highest BCUT2D eigenvalue weighted by atomic mass is 32.2. The fraction of sp³-hybridized carbons (Fsp3) is 0.533. The highest BCUT2D eigenvalue weighted by molar-refractivity contribution is 8.14. The van der Waals surface area contributed by atoms with Crippen molar-refractivity contribution in [3.05, 3.63) is 132 Å². The molecule has 76 heavy (non-hydrogen) atoms. The summed E-state index contributed by atoms with van der Waals surface area (Å²) in [6, 6.07) is 14.8. The molecule has 6 aliphatic heterocycles. The largest absolute Gasteiger partial charge is 0.497 e. The lowest BCUT2D eigenvalue weighted by Crippen LogP contribution is -2.60. The molecule has 4 saturated heterocycles. The van der Waals surface area contributed by atoms with Gasteiger partial charge in [0.25, 0.3) is 10.5 Å². The first-order valence-corrected chi connectivity index (χ1v) is 28.8. The van der Waals surface area contributed by atoms with Crippen LogP contribution in [0.1, 0.15) is 115 Å². The number of esters is 2. The molecule has 0 saturated carbocycles. The van der Waals surface area contributed by atoms with Crippen LogP contribution in [-0.4, -0.2) is 120 Å². The lowest BCUT2D eigenvalue weighted by Gasteiger charge is -2.48. The van der Waals surface area contributed by atoms with Gasteiger partial charge in [0.15, 0.2) is 11.6 Å². The van der Waals surface area contributed by atoms with Gasteiger partial charge in [-0.15, -0.1) is 0 Å². The zero-order valence-electron chi connectivity index (χ0n) is 45.2. The smallest absolute Gasteiger partial charge is 0.330 e. The van der Waals surface area contributed by atoms with E-state index in [1.807, 2.05) is 72.2 Å². The number of thioether (sulfide) groups is 2. The molecular formula is C60H78N2O12S2. The number of fused-ring (bicyclic) bond motifs is 4. The molecule has 14 nitrogen and oxygen atoms in total. The van der Waals surface area contributed by atoms with Crippen LogP contribution in [0.25, 0.3) is 0 Å². The Balaban J connectivity index is 0.000000221. The summed E-state index contributed by atoms with van der Waals surface area (Å²) in [5.41, 5.74) is 3.97. The Morgan fingerprint density at radius 3 is 1.29 bits per heavy atom. The third-order valence-corrected chi connectivity index (χ3v) is 16.7. The van der Waals surface area contributed by atoms with Crippen LogP contribution in [0, 0.1) is 0 Å². The van der Waals surface area contributed by atoms with E-state index in [9.17, 15) is 19.2 Å². The van der Waals surface area contributed by atoms with Gasteiger partial charge in [0.05, 0.1) is 38.5 Å². The molecule has 2 aromatic rings. The fourth-order valence-electron chi connectivity index (χ4n) is 10.7. The number of amides is 2. The molecule has 4 bridgehead atoms. The van der Waals surface area contributed by atoms with Gasteiger partial charge >= 0.3 is 11.9 Å². The van der Waals surface area contributed by atoms with Gasteiger partial charge in [0.2, 0.25) is 0 Å². The number of ether oxygens (including phenoxy) is 8. The van der Waals surface area contributed by atoms with Gasteiger partial charge < -0.3 is 47.7 Å². The van der Waals surface area contributed by atoms with E-state index in [1.54, 1.807) is 40.6 Å². The molecule has 2 unspecified atom stereocenters. The topological polar surface area (TPSA) is 149 Å². The predicted molar refractivity (Wildman–Crippen MR) is 298 cm³/mol. The van der Waals surface area contributed by atoms with Crippen LogP contribution in [0.4, 0.5) is 9.59 Å². The summed E-state index contributed by atoms with van der Waals surface area (Å²) in [6.07, 6.45) is 29.8. The summed E-state index contributed by atoms with van der Waals surface area (Å²) in [5.74, 6) is -0.170. The molecule has 2 amide bonds. The summed E-state index contributed by atoms with van der Waals surface area (Å²) >= 11 is 2.56. The molecule has 0 N–H and O–H groups in total. The third-order valence-electron chi connectivity index (χ3n) is 14.8. The SMILES string of the molecule is COc1ccc(CN2C(=O)SC[C@H]2[C@@]2(OC)CC3C[C@@H](CCC/C=C/C=C/CC/C(C)=C\C(=O)O3)O2)cc1.COc1ccc(CN2C(=O)SC[C@H]2[C@@]2(OC)CC3C[C@@H](CCC/C=C\C=C\CC/C(C)=C\C(=O)O3)O2)cc1. The Bertz CT molecular complexity index is 2270. The molecule has 0 aliphatic carbocycles. The highest BCUT2D eigenvalue weighted by Gasteiger charge is 2.56. The monoisotopic (exact) mass is 1080 g/mol. The van der Waals surface area contributed by atoms with E-state index in [-0.39, 0.29) is 58.9 Å². The van der Waals surface area contributed by atoms with Gasteiger partial charge in [-0.25, -0.2) is 9.59 Å². The number of nitrogens with zero attached hydrogens (tertiary/aromatic N) is 2. The molecule has 8 rings (SSSR count). The highest BCUT2D eigenvalue weighted by Crippen LogP contribution is 2.45. The van der Waals surface area contributed by atoms with Crippen LogP contribution in [0.3, 0.4) is 0 Å². The molecule has 2 aromatic carbocycles. The summed E-state index contributed by atoms with van der Waals surface area (Å²) < 4.78 is 48.2. The minimum atomic E-state index is -1.07. The maximum Gasteiger partial charge on any atom is 0.330 e. The van der Waals surface area contributed by atoms with Gasteiger partial charge in [-0.3, -0.25) is 9.59 Å². The Labute approximate surface area is 458 Å². The first-order chi connectivity index (χ1) is 36.8. The molecule has 16 heteroatoms. The number of benzene rings is 2. The second-order valence-corrected chi connectivity index (χ2v) is 22.2. The second-order valence-electron chi connectivity index (χ2n) is 20.3. The first-order valence-electron chi connectivity index (χ1n) is 26.8. The zero-order valence-corrected chi connectivity index (χ0v) is 46.8. The van der Waals surface area contributed by atoms with Gasteiger partial charge in [0, 0.05) is 76.7 Å². The Hall–Kier alpha value is -5.10. The van der Waals surface area contributed by atoms with Crippen molar-refractivity contribution in [3.63, 3.8) is 0 Å². The minimum absolute atomic E-state index is 0.00674. The van der Waals surface area contributed by atoms with Crippen molar-refractivity contribution in [2.24, 2.45) is 0 Å². The normalized spacial score (nSPS) is 32.2. The predicted octanol–water partition coefficient (Wildman–Crippen LogP) is 12.4. The molecule has 0 aromatic heterocycles. The van der Waals surface area contributed by atoms with Crippen LogP contribution >= 0.6 is 23.5 Å². The van der Waals surface area contributed by atoms with Crippen molar-refractivity contribution < 1.29 is 57.1 Å². The fourth-order valence-corrected chi connectivity index (χ4v) is 12.9. The van der Waals surface area contributed by atoms with Crippen molar-refractivity contribution in [1.82, 2.24) is 9.80 Å². The summed E-state index contributed by atoms with van der Waals surface area (Å²) in [6.45, 7) is 4.78. The average Bonchev–Trinajstić information content (AvgIpc) is 3.98. The van der Waals surface area contributed by atoms with Gasteiger partial charge in [-0.2, -0.15) is 0 Å². The van der Waals surface area contributed by atoms with Crippen molar-refractivity contribution in [2.45, 2.75) is 165 Å². The Morgan fingerprint density at radius 1 is 0.539 bits per heavy atom. The maximum absolute atomic E-state index is 13.0. The quantitative estimate of drug-likeness (QED) is 0.208. The number of hydrogen-bond donors (Lipinski definition) is 0. The third kappa shape index (κ3) is 16.5. The van der Waals surface area contributed by atoms with Gasteiger partial charge in [-0.1, -0.05) is 108 Å². The molecule has 412 valence electrons. The number of hydrogen-bond acceptors (Lipinski definition) is 14. The molecule has 6 heterocycles. The van der Waals surface area contributed by atoms with Crippen LogP contribution in [0.2, 0.25) is 0 Å². The number of carbonyl (C=O) groups is 4. The standard InChI is InChI=1S/2C30H39NO6S/c2*1-22-11-9-7-5-4-6-8-10-12-25-18-26(36-28(32)17-22)19-30(35-3,37-25)27-21-38-29(33)31(27)20-23-13-15-24(34-2)16-14-23/h2*4-7,13-17,25-27H,8-12,18-21H2,1-3H3/b6-4+,7-5+,22-17-;6-4-,7-5+,22-17-/t2*25-,26?,27+,30-/m11/s1. The first kappa shape index (κ1) is 58.6. The van der Waals surface area contributed by atoms with Gasteiger partial charge in [0.1, 0.15) is 23.7 Å². The summed E-state index contributed by atoms with van der Waals surface area (Å²) in [5, 5.41) is -0.0135. The molecule has 6 aliphatic rings. The maximum atomic E-state index is 13.0. The van der Waals surface area contributed by atoms with E-state index in [0.717, 1.165) is 98.0 Å².